The molecule has 0 saturated heterocycles. The van der Waals surface area contributed by atoms with Crippen LogP contribution in [0.3, 0.4) is 0 Å². The van der Waals surface area contributed by atoms with Crippen LogP contribution in [-0.2, 0) is 13.1 Å². The number of aromatic nitrogens is 1. The van der Waals surface area contributed by atoms with E-state index in [1.807, 2.05) is 6.07 Å². The van der Waals surface area contributed by atoms with Gasteiger partial charge in [0.25, 0.3) is 0 Å². The molecule has 3 aromatic rings. The van der Waals surface area contributed by atoms with E-state index in [4.69, 9.17) is 9.47 Å². The second-order valence-corrected chi connectivity index (χ2v) is 7.38. The third-order valence-corrected chi connectivity index (χ3v) is 5.78. The van der Waals surface area contributed by atoms with Crippen molar-refractivity contribution in [2.24, 2.45) is 0 Å². The normalized spacial score (nSPS) is 17.5. The summed E-state index contributed by atoms with van der Waals surface area (Å²) in [7, 11) is 3.37. The van der Waals surface area contributed by atoms with Gasteiger partial charge in [0.1, 0.15) is 0 Å². The van der Waals surface area contributed by atoms with Crippen LogP contribution in [0.25, 0.3) is 0 Å². The molecule has 4 rings (SSSR count). The molecule has 0 aliphatic carbocycles. The molecule has 3 heterocycles. The van der Waals surface area contributed by atoms with Gasteiger partial charge in [-0.15, -0.1) is 0 Å². The molecule has 0 saturated carbocycles. The Bertz CT molecular complexity index is 857. The van der Waals surface area contributed by atoms with Gasteiger partial charge < -0.3 is 14.0 Å². The Balaban J connectivity index is 1.77. The molecule has 1 aliphatic heterocycles. The van der Waals surface area contributed by atoms with E-state index in [-0.39, 0.29) is 6.04 Å². The summed E-state index contributed by atoms with van der Waals surface area (Å²) in [5, 5.41) is 4.40. The lowest BCUT2D eigenvalue weighted by Gasteiger charge is -2.30. The van der Waals surface area contributed by atoms with Crippen LogP contribution >= 0.6 is 11.3 Å². The van der Waals surface area contributed by atoms with E-state index in [0.29, 0.717) is 0 Å². The summed E-state index contributed by atoms with van der Waals surface area (Å²) in [6, 6.07) is 13.1. The molecule has 4 nitrogen and oxygen atoms in total. The molecule has 1 unspecified atom stereocenters. The van der Waals surface area contributed by atoms with Crippen molar-refractivity contribution >= 4 is 11.3 Å². The average Bonchev–Trinajstić information content (AvgIpc) is 3.31. The van der Waals surface area contributed by atoms with Crippen LogP contribution < -0.4 is 9.47 Å². The molecule has 136 valence electrons. The number of aryl methyl sites for hydroxylation is 1. The summed E-state index contributed by atoms with van der Waals surface area (Å²) in [6.45, 7) is 3.08. The predicted octanol–water partition coefficient (Wildman–Crippen LogP) is 4.56. The number of rotatable bonds is 5. The van der Waals surface area contributed by atoms with Crippen molar-refractivity contribution in [3.8, 4) is 11.5 Å². The highest BCUT2D eigenvalue weighted by Gasteiger charge is 2.28. The number of benzene rings is 1. The first-order chi connectivity index (χ1) is 12.8. The van der Waals surface area contributed by atoms with Crippen LogP contribution in [0.5, 0.6) is 11.5 Å². The van der Waals surface area contributed by atoms with E-state index in [1.54, 1.807) is 25.6 Å². The molecule has 0 radical (unpaired) electrons. The molecule has 0 fully saturated rings. The fraction of sp³-hybridized carbons (Fsp3) is 0.333. The summed E-state index contributed by atoms with van der Waals surface area (Å²) < 4.78 is 13.4. The minimum Gasteiger partial charge on any atom is -0.493 e. The van der Waals surface area contributed by atoms with Gasteiger partial charge in [-0.05, 0) is 58.6 Å². The van der Waals surface area contributed by atoms with Crippen LogP contribution in [0, 0.1) is 0 Å². The van der Waals surface area contributed by atoms with E-state index < -0.39 is 0 Å². The summed E-state index contributed by atoms with van der Waals surface area (Å²) in [5.41, 5.74) is 3.95. The highest BCUT2D eigenvalue weighted by molar-refractivity contribution is 7.07. The van der Waals surface area contributed by atoms with Crippen molar-refractivity contribution in [3.05, 3.63) is 70.2 Å². The Kier molecular flexibility index (Phi) is 5.00. The first-order valence-corrected chi connectivity index (χ1v) is 9.86. The van der Waals surface area contributed by atoms with Crippen molar-refractivity contribution in [3.63, 3.8) is 0 Å². The lowest BCUT2D eigenvalue weighted by molar-refractivity contribution is 0.220. The van der Waals surface area contributed by atoms with Crippen molar-refractivity contribution < 1.29 is 9.47 Å². The van der Waals surface area contributed by atoms with Crippen molar-refractivity contribution in [1.29, 1.82) is 0 Å². The third kappa shape index (κ3) is 3.24. The monoisotopic (exact) mass is 368 g/mol. The van der Waals surface area contributed by atoms with Crippen molar-refractivity contribution in [1.82, 2.24) is 9.47 Å². The maximum Gasteiger partial charge on any atom is 0.161 e. The molecule has 0 N–H and O–H groups in total. The molecule has 5 heteroatoms. The average molecular weight is 369 g/mol. The van der Waals surface area contributed by atoms with E-state index in [0.717, 1.165) is 37.6 Å². The van der Waals surface area contributed by atoms with E-state index >= 15 is 0 Å². The van der Waals surface area contributed by atoms with Crippen LogP contribution in [0.1, 0.15) is 29.3 Å². The number of hydrogen-bond acceptors (Lipinski definition) is 4. The summed E-state index contributed by atoms with van der Waals surface area (Å²) in [4.78, 5) is 2.57. The Morgan fingerprint density at radius 1 is 1.08 bits per heavy atom. The quantitative estimate of drug-likeness (QED) is 0.660. The van der Waals surface area contributed by atoms with Gasteiger partial charge in [-0.2, -0.15) is 11.3 Å². The maximum atomic E-state index is 5.56. The zero-order valence-corrected chi connectivity index (χ0v) is 16.0. The topological polar surface area (TPSA) is 26.6 Å². The fourth-order valence-electron chi connectivity index (χ4n) is 3.83. The Morgan fingerprint density at radius 3 is 2.73 bits per heavy atom. The molecule has 0 bridgehead atoms. The van der Waals surface area contributed by atoms with Crippen molar-refractivity contribution in [2.75, 3.05) is 20.8 Å². The Labute approximate surface area is 158 Å². The van der Waals surface area contributed by atoms with Crippen LogP contribution in [0.2, 0.25) is 0 Å². The standard InChI is InChI=1S/C21H24N2O2S/c1-24-19-7-6-17(13-20(19)25-2)21-18-5-3-9-22(18)10-4-11-23(21)14-16-8-12-26-15-16/h3,5-9,12-13,15,21H,4,10-11,14H2,1-2H3. The van der Waals surface area contributed by atoms with Gasteiger partial charge in [-0.1, -0.05) is 6.07 Å². The fourth-order valence-corrected chi connectivity index (χ4v) is 4.49. The molecule has 26 heavy (non-hydrogen) atoms. The second-order valence-electron chi connectivity index (χ2n) is 6.60. The van der Waals surface area contributed by atoms with Gasteiger partial charge in [0.2, 0.25) is 0 Å². The molecule has 0 spiro atoms. The molecular weight excluding hydrogens is 344 g/mol. The van der Waals surface area contributed by atoms with E-state index in [1.165, 1.54) is 16.8 Å². The molecule has 1 atom stereocenters. The van der Waals surface area contributed by atoms with Gasteiger partial charge in [-0.25, -0.2) is 0 Å². The lowest BCUT2D eigenvalue weighted by atomic mass is 10.0. The molecule has 1 aromatic carbocycles. The largest absolute Gasteiger partial charge is 0.493 e. The summed E-state index contributed by atoms with van der Waals surface area (Å²) in [6.07, 6.45) is 3.34. The molecule has 1 aliphatic rings. The van der Waals surface area contributed by atoms with Gasteiger partial charge in [0.05, 0.1) is 20.3 Å². The predicted molar refractivity (Wildman–Crippen MR) is 105 cm³/mol. The number of fused-ring (bicyclic) bond motifs is 1. The maximum absolute atomic E-state index is 5.56. The number of methoxy groups -OCH3 is 2. The minimum atomic E-state index is 0.201. The van der Waals surface area contributed by atoms with Crippen LogP contribution in [0.15, 0.2) is 53.4 Å². The highest BCUT2D eigenvalue weighted by atomic mass is 32.1. The summed E-state index contributed by atoms with van der Waals surface area (Å²) >= 11 is 1.76. The highest BCUT2D eigenvalue weighted by Crippen LogP contribution is 2.37. The van der Waals surface area contributed by atoms with Crippen LogP contribution in [-0.4, -0.2) is 30.2 Å². The second kappa shape index (κ2) is 7.56. The Morgan fingerprint density at radius 2 is 1.96 bits per heavy atom. The molecule has 2 aromatic heterocycles. The smallest absolute Gasteiger partial charge is 0.161 e. The van der Waals surface area contributed by atoms with Gasteiger partial charge in [-0.3, -0.25) is 4.90 Å². The first-order valence-electron chi connectivity index (χ1n) is 8.92. The van der Waals surface area contributed by atoms with Gasteiger partial charge >= 0.3 is 0 Å². The van der Waals surface area contributed by atoms with E-state index in [2.05, 4.69) is 56.8 Å². The molecule has 0 amide bonds. The number of thiophene rings is 1. The number of ether oxygens (including phenoxy) is 2. The SMILES string of the molecule is COc1ccc(C2c3cccn3CCCN2Cc2ccsc2)cc1OC. The van der Waals surface area contributed by atoms with E-state index in [9.17, 15) is 0 Å². The number of hydrogen-bond donors (Lipinski definition) is 0. The third-order valence-electron chi connectivity index (χ3n) is 5.04. The first kappa shape index (κ1) is 17.2. The zero-order valence-electron chi connectivity index (χ0n) is 15.2. The molecular formula is C21H24N2O2S. The van der Waals surface area contributed by atoms with Gasteiger partial charge in [0, 0.05) is 31.5 Å². The minimum absolute atomic E-state index is 0.201. The number of nitrogens with zero attached hydrogens (tertiary/aromatic N) is 2. The summed E-state index contributed by atoms with van der Waals surface area (Å²) in [5.74, 6) is 1.55. The zero-order chi connectivity index (χ0) is 17.9. The Hall–Kier alpha value is -2.24. The van der Waals surface area contributed by atoms with Crippen LogP contribution in [0.4, 0.5) is 0 Å². The van der Waals surface area contributed by atoms with Crippen molar-refractivity contribution in [2.45, 2.75) is 25.6 Å². The lowest BCUT2D eigenvalue weighted by Crippen LogP contribution is -2.29. The van der Waals surface area contributed by atoms with Gasteiger partial charge in [0.15, 0.2) is 11.5 Å².